The van der Waals surface area contributed by atoms with E-state index in [9.17, 15) is 0 Å². The molecule has 11 rings (SSSR count). The molecule has 0 bridgehead atoms. The fraction of sp³-hybridized carbons (Fsp3) is 0. The van der Waals surface area contributed by atoms with Crippen LogP contribution in [0.15, 0.2) is 203 Å². The monoisotopic (exact) mass is 704 g/mol. The predicted octanol–water partition coefficient (Wildman–Crippen LogP) is 14.5. The van der Waals surface area contributed by atoms with Gasteiger partial charge in [-0.3, -0.25) is 0 Å². The van der Waals surface area contributed by atoms with Crippen molar-refractivity contribution in [3.8, 4) is 33.7 Å². The fourth-order valence-electron chi connectivity index (χ4n) is 8.00. The summed E-state index contributed by atoms with van der Waals surface area (Å²) in [7, 11) is 0. The van der Waals surface area contributed by atoms with E-state index in [1.165, 1.54) is 38.2 Å². The Bertz CT molecular complexity index is 3210. The smallest absolute Gasteiger partial charge is 0.227 e. The number of furan rings is 1. The summed E-state index contributed by atoms with van der Waals surface area (Å²) in [6.07, 6.45) is 0. The van der Waals surface area contributed by atoms with Gasteiger partial charge in [0.05, 0.1) is 11.1 Å². The minimum absolute atomic E-state index is 0.603. The average Bonchev–Trinajstić information content (AvgIpc) is 3.86. The van der Waals surface area contributed by atoms with Crippen LogP contribution in [0.25, 0.3) is 88.3 Å². The summed E-state index contributed by atoms with van der Waals surface area (Å²) in [4.78, 5) is 7.22. The molecule has 0 saturated carbocycles. The SMILES string of the molecule is c1ccc(-c2nc3cc(N(c4ccc(-c5ccc6ccc(-c7cccc8ccccc78)cc6c5)cc4)c4cccc5oc6ccccc6c45)ccc3o2)cc1. The van der Waals surface area contributed by atoms with Gasteiger partial charge in [0.2, 0.25) is 5.89 Å². The summed E-state index contributed by atoms with van der Waals surface area (Å²) < 4.78 is 12.6. The molecule has 9 aromatic carbocycles. The van der Waals surface area contributed by atoms with E-state index in [0.29, 0.717) is 5.89 Å². The predicted molar refractivity (Wildman–Crippen MR) is 227 cm³/mol. The van der Waals surface area contributed by atoms with Crippen molar-refractivity contribution < 1.29 is 8.83 Å². The molecule has 55 heavy (non-hydrogen) atoms. The van der Waals surface area contributed by atoms with Crippen LogP contribution in [0.4, 0.5) is 17.1 Å². The van der Waals surface area contributed by atoms with E-state index in [2.05, 4.69) is 144 Å². The highest BCUT2D eigenvalue weighted by Gasteiger charge is 2.21. The zero-order valence-electron chi connectivity index (χ0n) is 29.7. The van der Waals surface area contributed by atoms with Crippen molar-refractivity contribution in [3.05, 3.63) is 194 Å². The number of nitrogens with zero attached hydrogens (tertiary/aromatic N) is 2. The van der Waals surface area contributed by atoms with Crippen molar-refractivity contribution >= 4 is 71.6 Å². The molecule has 4 nitrogen and oxygen atoms in total. The highest BCUT2D eigenvalue weighted by atomic mass is 16.3. The summed E-state index contributed by atoms with van der Waals surface area (Å²) in [6, 6.07) is 68.2. The van der Waals surface area contributed by atoms with Gasteiger partial charge in [-0.05, 0) is 117 Å². The first-order chi connectivity index (χ1) is 27.2. The molecule has 0 spiro atoms. The number of rotatable bonds is 6. The Kier molecular flexibility index (Phi) is 7.14. The Morgan fingerprint density at radius 3 is 1.96 bits per heavy atom. The molecule has 0 amide bonds. The number of hydrogen-bond donors (Lipinski definition) is 0. The van der Waals surface area contributed by atoms with E-state index in [4.69, 9.17) is 13.8 Å². The maximum atomic E-state index is 6.35. The molecule has 4 heteroatoms. The van der Waals surface area contributed by atoms with Gasteiger partial charge < -0.3 is 13.7 Å². The van der Waals surface area contributed by atoms with Crippen LogP contribution in [0.1, 0.15) is 0 Å². The van der Waals surface area contributed by atoms with E-state index < -0.39 is 0 Å². The molecular formula is C51H32N2O2. The number of aromatic nitrogens is 1. The highest BCUT2D eigenvalue weighted by Crippen LogP contribution is 2.44. The maximum Gasteiger partial charge on any atom is 0.227 e. The van der Waals surface area contributed by atoms with Crippen LogP contribution in [0, 0.1) is 0 Å². The van der Waals surface area contributed by atoms with Crippen LogP contribution in [-0.2, 0) is 0 Å². The minimum Gasteiger partial charge on any atom is -0.456 e. The van der Waals surface area contributed by atoms with Crippen molar-refractivity contribution in [1.29, 1.82) is 0 Å². The normalized spacial score (nSPS) is 11.6. The van der Waals surface area contributed by atoms with Gasteiger partial charge in [0.15, 0.2) is 5.58 Å². The summed E-state index contributed by atoms with van der Waals surface area (Å²) >= 11 is 0. The van der Waals surface area contributed by atoms with Crippen molar-refractivity contribution in [1.82, 2.24) is 4.98 Å². The molecule has 0 fully saturated rings. The Hall–Kier alpha value is -7.43. The van der Waals surface area contributed by atoms with Gasteiger partial charge in [-0.1, -0.05) is 121 Å². The van der Waals surface area contributed by atoms with Gasteiger partial charge >= 0.3 is 0 Å². The van der Waals surface area contributed by atoms with Gasteiger partial charge in [0.1, 0.15) is 16.7 Å². The number of hydrogen-bond acceptors (Lipinski definition) is 4. The van der Waals surface area contributed by atoms with Crippen LogP contribution >= 0.6 is 0 Å². The van der Waals surface area contributed by atoms with E-state index in [1.54, 1.807) is 0 Å². The van der Waals surface area contributed by atoms with Crippen LogP contribution < -0.4 is 4.90 Å². The van der Waals surface area contributed by atoms with E-state index in [0.717, 1.165) is 61.2 Å². The largest absolute Gasteiger partial charge is 0.456 e. The topological polar surface area (TPSA) is 42.4 Å². The van der Waals surface area contributed by atoms with Crippen LogP contribution in [0.2, 0.25) is 0 Å². The molecule has 0 atom stereocenters. The zero-order valence-corrected chi connectivity index (χ0v) is 29.7. The van der Waals surface area contributed by atoms with Crippen molar-refractivity contribution in [3.63, 3.8) is 0 Å². The number of anilines is 3. The van der Waals surface area contributed by atoms with Gasteiger partial charge in [-0.2, -0.15) is 0 Å². The Balaban J connectivity index is 1.02. The number of oxazole rings is 1. The number of benzene rings is 9. The lowest BCUT2D eigenvalue weighted by Crippen LogP contribution is -2.10. The van der Waals surface area contributed by atoms with Crippen LogP contribution in [0.5, 0.6) is 0 Å². The standard InChI is InChI=1S/C51H32N2O2/c1-2-11-36(12-3-1)51-52-45-32-41(28-29-48(45)55-51)53(46-17-9-19-49-50(46)44-15-6-7-18-47(44)54-49)40-26-24-33(25-27-40)37-22-20-34-21-23-38(31-39(34)30-37)43-16-8-13-35-10-4-5-14-42(35)43/h1-32H. The molecule has 258 valence electrons. The van der Waals surface area contributed by atoms with Crippen LogP contribution in [-0.4, -0.2) is 4.98 Å². The van der Waals surface area contributed by atoms with E-state index >= 15 is 0 Å². The molecule has 0 aliphatic carbocycles. The number of fused-ring (bicyclic) bond motifs is 6. The van der Waals surface area contributed by atoms with Crippen LogP contribution in [0.3, 0.4) is 0 Å². The molecule has 0 radical (unpaired) electrons. The first kappa shape index (κ1) is 31.1. The van der Waals surface area contributed by atoms with E-state index in [-0.39, 0.29) is 0 Å². The summed E-state index contributed by atoms with van der Waals surface area (Å²) in [5, 5.41) is 7.07. The second-order valence-corrected chi connectivity index (χ2v) is 14.0. The molecule has 0 N–H and O–H groups in total. The lowest BCUT2D eigenvalue weighted by Gasteiger charge is -2.26. The molecule has 0 saturated heterocycles. The maximum absolute atomic E-state index is 6.35. The average molecular weight is 705 g/mol. The quantitative estimate of drug-likeness (QED) is 0.173. The molecule has 0 aliphatic rings. The second-order valence-electron chi connectivity index (χ2n) is 14.0. The lowest BCUT2D eigenvalue weighted by molar-refractivity contribution is 0.620. The van der Waals surface area contributed by atoms with Crippen molar-refractivity contribution in [2.75, 3.05) is 4.90 Å². The third-order valence-electron chi connectivity index (χ3n) is 10.7. The van der Waals surface area contributed by atoms with Gasteiger partial charge in [-0.15, -0.1) is 0 Å². The Labute approximate surface area is 317 Å². The molecule has 0 unspecified atom stereocenters. The minimum atomic E-state index is 0.603. The highest BCUT2D eigenvalue weighted by molar-refractivity contribution is 6.13. The summed E-state index contributed by atoms with van der Waals surface area (Å²) in [5.74, 6) is 0.603. The fourth-order valence-corrected chi connectivity index (χ4v) is 8.00. The lowest BCUT2D eigenvalue weighted by atomic mass is 9.95. The molecular weight excluding hydrogens is 673 g/mol. The van der Waals surface area contributed by atoms with Gasteiger partial charge in [-0.25, -0.2) is 4.98 Å². The summed E-state index contributed by atoms with van der Waals surface area (Å²) in [5.41, 5.74) is 12.0. The van der Waals surface area contributed by atoms with E-state index in [1.807, 2.05) is 54.6 Å². The second kappa shape index (κ2) is 12.6. The third kappa shape index (κ3) is 5.34. The Morgan fingerprint density at radius 1 is 0.382 bits per heavy atom. The zero-order chi connectivity index (χ0) is 36.3. The number of para-hydroxylation sites is 1. The van der Waals surface area contributed by atoms with Crippen molar-refractivity contribution in [2.45, 2.75) is 0 Å². The summed E-state index contributed by atoms with van der Waals surface area (Å²) in [6.45, 7) is 0. The molecule has 2 aromatic heterocycles. The van der Waals surface area contributed by atoms with Gasteiger partial charge in [0, 0.05) is 22.3 Å². The third-order valence-corrected chi connectivity index (χ3v) is 10.7. The first-order valence-corrected chi connectivity index (χ1v) is 18.5. The van der Waals surface area contributed by atoms with Crippen molar-refractivity contribution in [2.24, 2.45) is 0 Å². The molecule has 2 heterocycles. The molecule has 0 aliphatic heterocycles. The first-order valence-electron chi connectivity index (χ1n) is 18.5. The molecule has 11 aromatic rings. The Morgan fingerprint density at radius 2 is 1.07 bits per heavy atom. The van der Waals surface area contributed by atoms with Gasteiger partial charge in [0.25, 0.3) is 0 Å².